The maximum Gasteiger partial charge on any atom is 0.304 e. The number of fused-ring (bicyclic) bond motifs is 16. The lowest BCUT2D eigenvalue weighted by molar-refractivity contribution is -0.719. The average Bonchev–Trinajstić information content (AvgIpc) is 3.84. The van der Waals surface area contributed by atoms with E-state index >= 15 is 0 Å². The highest BCUT2D eigenvalue weighted by atomic mass is 28.3. The van der Waals surface area contributed by atoms with E-state index in [4.69, 9.17) is 11.0 Å². The Bertz CT molecular complexity index is 3260. The van der Waals surface area contributed by atoms with Crippen molar-refractivity contribution in [1.29, 1.82) is 0 Å². The number of aryl methyl sites for hydroxylation is 1. The average molecular weight is 826 g/mol. The minimum absolute atomic E-state index is 0.200. The van der Waals surface area contributed by atoms with Crippen molar-refractivity contribution in [2.75, 3.05) is 0 Å². The first-order chi connectivity index (χ1) is 30.3. The minimum atomic E-state index is -1.73. The largest absolute Gasteiger partial charge is 0.455 e. The number of benzene rings is 6. The van der Waals surface area contributed by atoms with Gasteiger partial charge in [-0.2, -0.15) is 13.7 Å². The molecule has 12 rings (SSSR count). The van der Waals surface area contributed by atoms with Gasteiger partial charge in [0.1, 0.15) is 22.5 Å². The fourth-order valence-electron chi connectivity index (χ4n) is 11.9. The third-order valence-electron chi connectivity index (χ3n) is 14.8. The van der Waals surface area contributed by atoms with Crippen LogP contribution in [0, 0.1) is 5.92 Å². The fourth-order valence-corrected chi connectivity index (χ4v) is 13.6. The molecule has 6 aromatic carbocycles. The molecule has 5 heteroatoms. The number of rotatable bonds is 4. The maximum atomic E-state index is 7.03. The second-order valence-corrected chi connectivity index (χ2v) is 24.7. The topological polar surface area (TPSA) is 25.8 Å². The van der Waals surface area contributed by atoms with Crippen molar-refractivity contribution >= 4 is 62.7 Å². The first kappa shape index (κ1) is 37.7. The molecule has 306 valence electrons. The van der Waals surface area contributed by atoms with Gasteiger partial charge < -0.3 is 4.42 Å². The zero-order chi connectivity index (χ0) is 41.7. The Labute approximate surface area is 365 Å². The highest BCUT2D eigenvalue weighted by Crippen LogP contribution is 2.47. The number of nitrogens with zero attached hydrogens (tertiary/aromatic N) is 3. The highest BCUT2D eigenvalue weighted by Gasteiger charge is 2.45. The third-order valence-corrected chi connectivity index (χ3v) is 16.9. The summed E-state index contributed by atoms with van der Waals surface area (Å²) in [6, 6.07) is 50.0. The summed E-state index contributed by atoms with van der Waals surface area (Å²) < 4.78 is 14.8. The van der Waals surface area contributed by atoms with Crippen LogP contribution in [0.15, 0.2) is 151 Å². The molecule has 0 spiro atoms. The zero-order valence-electron chi connectivity index (χ0n) is 36.3. The Kier molecular flexibility index (Phi) is 8.83. The molecule has 1 saturated carbocycles. The lowest BCUT2D eigenvalue weighted by Gasteiger charge is -2.33. The lowest BCUT2D eigenvalue weighted by atomic mass is 9.77. The number of para-hydroxylation sites is 3. The SMILES string of the molecule is C=C1CC2C(CCc3ccc4c(oc5ccccc54)c3-c3n(-c4ccc5ccccc5c4)c4ccccc4[n+]31)c1ccccc1-c1cc(CC3CCCCC3)c([Si](C)(C)C)c[n+]12. The molecule has 0 bridgehead atoms. The van der Waals surface area contributed by atoms with Gasteiger partial charge in [0.25, 0.3) is 0 Å². The van der Waals surface area contributed by atoms with Gasteiger partial charge in [0.2, 0.25) is 5.69 Å². The molecular weight excluding hydrogens is 771 g/mol. The first-order valence-electron chi connectivity index (χ1n) is 23.1. The van der Waals surface area contributed by atoms with E-state index in [1.807, 2.05) is 0 Å². The number of allylic oxidation sites excluding steroid dienone is 1. The molecule has 0 radical (unpaired) electrons. The van der Waals surface area contributed by atoms with Gasteiger partial charge in [-0.3, -0.25) is 0 Å². The number of hydrogen-bond acceptors (Lipinski definition) is 1. The second-order valence-electron chi connectivity index (χ2n) is 19.6. The first-order valence-corrected chi connectivity index (χ1v) is 26.6. The molecule has 9 aromatic rings. The molecule has 2 aliphatic heterocycles. The Balaban J connectivity index is 1.13. The van der Waals surface area contributed by atoms with E-state index in [0.717, 1.165) is 80.9 Å². The number of hydrogen-bond donors (Lipinski definition) is 0. The van der Waals surface area contributed by atoms with E-state index in [1.165, 1.54) is 71.7 Å². The number of aromatic nitrogens is 3. The molecular formula is C57H55N3OSi+2. The highest BCUT2D eigenvalue weighted by molar-refractivity contribution is 6.89. The van der Waals surface area contributed by atoms with E-state index in [2.05, 4.69) is 173 Å². The summed E-state index contributed by atoms with van der Waals surface area (Å²) in [5.74, 6) is 2.20. The van der Waals surface area contributed by atoms with Gasteiger partial charge >= 0.3 is 5.82 Å². The van der Waals surface area contributed by atoms with Crippen LogP contribution < -0.4 is 14.3 Å². The molecule has 0 amide bonds. The normalized spacial score (nSPS) is 18.1. The van der Waals surface area contributed by atoms with Crippen LogP contribution in [-0.2, 0) is 12.8 Å². The van der Waals surface area contributed by atoms with E-state index in [-0.39, 0.29) is 6.04 Å². The van der Waals surface area contributed by atoms with Gasteiger partial charge in [-0.1, -0.05) is 149 Å². The minimum Gasteiger partial charge on any atom is -0.455 e. The van der Waals surface area contributed by atoms with E-state index in [1.54, 1.807) is 10.8 Å². The molecule has 1 fully saturated rings. The summed E-state index contributed by atoms with van der Waals surface area (Å²) in [4.78, 5) is 0. The smallest absolute Gasteiger partial charge is 0.304 e. The molecule has 62 heavy (non-hydrogen) atoms. The maximum absolute atomic E-state index is 7.03. The van der Waals surface area contributed by atoms with Gasteiger partial charge in [-0.15, -0.1) is 0 Å². The van der Waals surface area contributed by atoms with Crippen molar-refractivity contribution in [3.63, 3.8) is 0 Å². The van der Waals surface area contributed by atoms with Gasteiger partial charge in [-0.25, -0.2) is 0 Å². The summed E-state index contributed by atoms with van der Waals surface area (Å²) in [7, 11) is -1.73. The molecule has 3 aliphatic rings. The number of furan rings is 1. The van der Waals surface area contributed by atoms with Crippen molar-refractivity contribution in [1.82, 2.24) is 4.57 Å². The van der Waals surface area contributed by atoms with E-state index in [0.29, 0.717) is 5.92 Å². The van der Waals surface area contributed by atoms with Crippen LogP contribution in [-0.4, -0.2) is 12.6 Å². The summed E-state index contributed by atoms with van der Waals surface area (Å²) in [5.41, 5.74) is 14.7. The molecule has 0 N–H and O–H groups in total. The Morgan fingerprint density at radius 1 is 0.742 bits per heavy atom. The van der Waals surface area contributed by atoms with Crippen LogP contribution in [0.4, 0.5) is 0 Å². The van der Waals surface area contributed by atoms with Gasteiger partial charge in [0.15, 0.2) is 28.9 Å². The van der Waals surface area contributed by atoms with E-state index < -0.39 is 8.07 Å². The van der Waals surface area contributed by atoms with Crippen LogP contribution >= 0.6 is 0 Å². The predicted octanol–water partition coefficient (Wildman–Crippen LogP) is 13.4. The Morgan fingerprint density at radius 2 is 1.52 bits per heavy atom. The van der Waals surface area contributed by atoms with Crippen LogP contribution in [0.3, 0.4) is 0 Å². The van der Waals surface area contributed by atoms with Crippen molar-refractivity contribution < 1.29 is 13.6 Å². The van der Waals surface area contributed by atoms with Crippen molar-refractivity contribution in [3.8, 4) is 28.3 Å². The molecule has 0 saturated heterocycles. The summed E-state index contributed by atoms with van der Waals surface area (Å²) in [6.07, 6.45) is 13.5. The van der Waals surface area contributed by atoms with Crippen molar-refractivity contribution in [3.05, 3.63) is 163 Å². The number of imidazole rings is 1. The monoisotopic (exact) mass is 825 g/mol. The van der Waals surface area contributed by atoms with Crippen LogP contribution in [0.2, 0.25) is 19.6 Å². The fraction of sp³-hybridized carbons (Fsp3) is 0.263. The lowest BCUT2D eigenvalue weighted by Crippen LogP contribution is -2.54. The van der Waals surface area contributed by atoms with Gasteiger partial charge in [-0.05, 0) is 89.0 Å². The quantitative estimate of drug-likeness (QED) is 0.128. The van der Waals surface area contributed by atoms with Crippen LogP contribution in [0.5, 0.6) is 0 Å². The molecule has 3 aromatic heterocycles. The standard InChI is InChI=1S/C57H55N3OSi/c1-37-32-51-46(44-20-10-11-21-45(44)52-35-42(33-38-16-6-5-7-17-38)54(36-58(51)52)62(2,3)4)30-27-40-28-31-48-47-22-12-15-25-53(47)61-56(48)55(40)57-59(37)49-23-13-14-24-50(49)60(57)43-29-26-39-18-8-9-19-41(39)34-43/h8-15,18-26,28-29,31,34-36,38,46,51H,1,5-7,16-17,27,30,32-33H2,2-4H3/q+2. The van der Waals surface area contributed by atoms with E-state index in [9.17, 15) is 0 Å². The molecule has 4 nitrogen and oxygen atoms in total. The van der Waals surface area contributed by atoms with Crippen molar-refractivity contribution in [2.45, 2.75) is 89.4 Å². The number of pyridine rings is 1. The Morgan fingerprint density at radius 3 is 2.39 bits per heavy atom. The molecule has 2 unspecified atom stereocenters. The second kappa shape index (κ2) is 14.5. The zero-order valence-corrected chi connectivity index (χ0v) is 37.3. The molecule has 1 aliphatic carbocycles. The summed E-state index contributed by atoms with van der Waals surface area (Å²) >= 11 is 0. The summed E-state index contributed by atoms with van der Waals surface area (Å²) in [6.45, 7) is 12.8. The van der Waals surface area contributed by atoms with Gasteiger partial charge in [0.05, 0.1) is 14.5 Å². The predicted molar refractivity (Wildman–Crippen MR) is 259 cm³/mol. The van der Waals surface area contributed by atoms with Gasteiger partial charge in [0, 0.05) is 33.5 Å². The third kappa shape index (κ3) is 5.99. The van der Waals surface area contributed by atoms with Crippen LogP contribution in [0.1, 0.15) is 73.6 Å². The summed E-state index contributed by atoms with van der Waals surface area (Å²) in [5, 5.41) is 6.39. The van der Waals surface area contributed by atoms with Crippen LogP contribution in [0.25, 0.3) is 77.8 Å². The molecule has 5 heterocycles. The Hall–Kier alpha value is -6.04. The molecule has 2 atom stereocenters. The van der Waals surface area contributed by atoms with Crippen molar-refractivity contribution in [2.24, 2.45) is 5.92 Å².